The number of halogens is 1. The molecular weight excluding hydrogens is 344 g/mol. The highest BCUT2D eigenvalue weighted by atomic mass is 35.5. The molecule has 1 aromatic heterocycles. The Labute approximate surface area is 149 Å². The van der Waals surface area contributed by atoms with Crippen molar-refractivity contribution in [1.29, 1.82) is 0 Å². The van der Waals surface area contributed by atoms with Gasteiger partial charge in [0.25, 0.3) is 5.89 Å². The minimum absolute atomic E-state index is 0.142. The van der Waals surface area contributed by atoms with Crippen LogP contribution in [0.2, 0.25) is 5.02 Å². The lowest BCUT2D eigenvalue weighted by Gasteiger charge is -2.08. The van der Waals surface area contributed by atoms with E-state index in [9.17, 15) is 4.79 Å². The van der Waals surface area contributed by atoms with E-state index in [2.05, 4.69) is 10.1 Å². The van der Waals surface area contributed by atoms with Gasteiger partial charge < -0.3 is 14.0 Å². The molecule has 0 bridgehead atoms. The molecule has 0 saturated carbocycles. The summed E-state index contributed by atoms with van der Waals surface area (Å²) in [5.41, 5.74) is 0.988. The number of hydrogen-bond donors (Lipinski definition) is 0. The lowest BCUT2D eigenvalue weighted by atomic mass is 10.2. The Morgan fingerprint density at radius 1 is 1.16 bits per heavy atom. The Hall–Kier alpha value is -2.86. The molecule has 0 fully saturated rings. The number of ether oxygens (including phenoxy) is 2. The van der Waals surface area contributed by atoms with Gasteiger partial charge in [-0.15, -0.1) is 0 Å². The van der Waals surface area contributed by atoms with E-state index in [1.807, 2.05) is 19.1 Å². The van der Waals surface area contributed by atoms with Crippen molar-refractivity contribution in [3.63, 3.8) is 0 Å². The van der Waals surface area contributed by atoms with Crippen LogP contribution in [0.1, 0.15) is 23.2 Å². The van der Waals surface area contributed by atoms with Gasteiger partial charge in [-0.1, -0.05) is 41.0 Å². The van der Waals surface area contributed by atoms with Crippen LogP contribution in [0.5, 0.6) is 5.75 Å². The third kappa shape index (κ3) is 3.97. The van der Waals surface area contributed by atoms with E-state index in [-0.39, 0.29) is 12.5 Å². The van der Waals surface area contributed by atoms with Crippen LogP contribution in [0.15, 0.2) is 53.1 Å². The Bertz CT molecular complexity index is 879. The summed E-state index contributed by atoms with van der Waals surface area (Å²) in [4.78, 5) is 16.4. The maximum Gasteiger partial charge on any atom is 0.342 e. The Kier molecular flexibility index (Phi) is 5.30. The van der Waals surface area contributed by atoms with Crippen LogP contribution in [0.3, 0.4) is 0 Å². The quantitative estimate of drug-likeness (QED) is 0.616. The van der Waals surface area contributed by atoms with Gasteiger partial charge in [-0.25, -0.2) is 4.79 Å². The summed E-state index contributed by atoms with van der Waals surface area (Å²) in [6, 6.07) is 14.0. The molecule has 0 spiro atoms. The molecule has 0 aliphatic heterocycles. The fourth-order valence-corrected chi connectivity index (χ4v) is 2.41. The van der Waals surface area contributed by atoms with E-state index in [1.54, 1.807) is 36.4 Å². The van der Waals surface area contributed by atoms with Gasteiger partial charge in [-0.05, 0) is 31.2 Å². The number of hydrogen-bond acceptors (Lipinski definition) is 6. The molecule has 0 radical (unpaired) electrons. The molecule has 7 heteroatoms. The minimum atomic E-state index is -0.526. The summed E-state index contributed by atoms with van der Waals surface area (Å²) in [7, 11) is 0. The largest absolute Gasteiger partial charge is 0.493 e. The lowest BCUT2D eigenvalue weighted by Crippen LogP contribution is -2.08. The monoisotopic (exact) mass is 358 g/mol. The number of nitrogens with zero attached hydrogens (tertiary/aromatic N) is 2. The molecule has 1 heterocycles. The molecule has 0 atom stereocenters. The average molecular weight is 359 g/mol. The molecule has 3 rings (SSSR count). The Morgan fingerprint density at radius 3 is 2.72 bits per heavy atom. The van der Waals surface area contributed by atoms with E-state index < -0.39 is 5.97 Å². The van der Waals surface area contributed by atoms with Crippen molar-refractivity contribution in [3.05, 3.63) is 65.0 Å². The zero-order valence-corrected chi connectivity index (χ0v) is 14.2. The van der Waals surface area contributed by atoms with Crippen LogP contribution in [-0.4, -0.2) is 22.7 Å². The molecule has 6 nitrogen and oxygen atoms in total. The summed E-state index contributed by atoms with van der Waals surface area (Å²) >= 11 is 6.10. The number of benzene rings is 2. The second-order valence-corrected chi connectivity index (χ2v) is 5.40. The fourth-order valence-electron chi connectivity index (χ4n) is 2.19. The van der Waals surface area contributed by atoms with Crippen LogP contribution < -0.4 is 4.74 Å². The number of esters is 1. The molecule has 128 valence electrons. The molecule has 2 aromatic carbocycles. The number of carbonyl (C=O) groups excluding carboxylic acids is 1. The first kappa shape index (κ1) is 17.0. The maximum atomic E-state index is 12.2. The van der Waals surface area contributed by atoms with Gasteiger partial charge in [0.1, 0.15) is 11.3 Å². The molecule has 0 saturated heterocycles. The summed E-state index contributed by atoms with van der Waals surface area (Å²) < 4.78 is 15.8. The van der Waals surface area contributed by atoms with Crippen LogP contribution >= 0.6 is 11.6 Å². The molecule has 25 heavy (non-hydrogen) atoms. The molecule has 0 aliphatic rings. The second-order valence-electron chi connectivity index (χ2n) is 5.00. The third-order valence-corrected chi connectivity index (χ3v) is 3.65. The Morgan fingerprint density at radius 2 is 1.92 bits per heavy atom. The van der Waals surface area contributed by atoms with Crippen molar-refractivity contribution < 1.29 is 18.8 Å². The first-order valence-electron chi connectivity index (χ1n) is 7.65. The van der Waals surface area contributed by atoms with Crippen LogP contribution in [0.25, 0.3) is 11.4 Å². The molecule has 3 aromatic rings. The first-order valence-corrected chi connectivity index (χ1v) is 8.03. The first-order chi connectivity index (χ1) is 12.2. The number of carbonyl (C=O) groups is 1. The van der Waals surface area contributed by atoms with E-state index in [1.165, 1.54) is 0 Å². The zero-order valence-electron chi connectivity index (χ0n) is 13.4. The van der Waals surface area contributed by atoms with E-state index >= 15 is 0 Å². The topological polar surface area (TPSA) is 74.5 Å². The van der Waals surface area contributed by atoms with Crippen LogP contribution in [0, 0.1) is 0 Å². The molecule has 0 N–H and O–H groups in total. The molecule has 0 aliphatic carbocycles. The summed E-state index contributed by atoms with van der Waals surface area (Å²) in [6.07, 6.45) is 0. The lowest BCUT2D eigenvalue weighted by molar-refractivity contribution is 0.0425. The standard InChI is InChI=1S/C18H15ClN2O4/c1-2-23-15-10-6-4-8-13(15)18(22)24-11-16-20-17(21-25-16)12-7-3-5-9-14(12)19/h3-10H,2,11H2,1H3. The molecule has 0 amide bonds. The van der Waals surface area contributed by atoms with E-state index in [0.29, 0.717) is 34.3 Å². The van der Waals surface area contributed by atoms with Crippen molar-refractivity contribution in [1.82, 2.24) is 10.1 Å². The highest BCUT2D eigenvalue weighted by molar-refractivity contribution is 6.33. The van der Waals surface area contributed by atoms with Gasteiger partial charge in [0.05, 0.1) is 11.6 Å². The number of rotatable bonds is 6. The van der Waals surface area contributed by atoms with Gasteiger partial charge in [0.2, 0.25) is 5.82 Å². The van der Waals surface area contributed by atoms with Crippen molar-refractivity contribution in [2.45, 2.75) is 13.5 Å². The average Bonchev–Trinajstić information content (AvgIpc) is 3.09. The van der Waals surface area contributed by atoms with Crippen molar-refractivity contribution in [3.8, 4) is 17.1 Å². The van der Waals surface area contributed by atoms with Crippen LogP contribution in [-0.2, 0) is 11.3 Å². The highest BCUT2D eigenvalue weighted by Crippen LogP contribution is 2.25. The number of para-hydroxylation sites is 1. The zero-order chi connectivity index (χ0) is 17.6. The smallest absolute Gasteiger partial charge is 0.342 e. The SMILES string of the molecule is CCOc1ccccc1C(=O)OCc1nc(-c2ccccc2Cl)no1. The van der Waals surface area contributed by atoms with Gasteiger partial charge in [-0.3, -0.25) is 0 Å². The normalized spacial score (nSPS) is 10.5. The van der Waals surface area contributed by atoms with Crippen LogP contribution in [0.4, 0.5) is 0 Å². The summed E-state index contributed by atoms with van der Waals surface area (Å²) in [5.74, 6) is 0.461. The van der Waals surface area contributed by atoms with Gasteiger partial charge in [0, 0.05) is 5.56 Å². The van der Waals surface area contributed by atoms with Gasteiger partial charge in [0.15, 0.2) is 6.61 Å². The fraction of sp³-hybridized carbons (Fsp3) is 0.167. The van der Waals surface area contributed by atoms with Crippen molar-refractivity contribution in [2.75, 3.05) is 6.61 Å². The third-order valence-electron chi connectivity index (χ3n) is 3.32. The van der Waals surface area contributed by atoms with E-state index in [4.69, 9.17) is 25.6 Å². The predicted molar refractivity (Wildman–Crippen MR) is 91.5 cm³/mol. The number of aromatic nitrogens is 2. The van der Waals surface area contributed by atoms with Crippen molar-refractivity contribution >= 4 is 17.6 Å². The van der Waals surface area contributed by atoms with Gasteiger partial charge in [-0.2, -0.15) is 4.98 Å². The highest BCUT2D eigenvalue weighted by Gasteiger charge is 2.16. The van der Waals surface area contributed by atoms with E-state index in [0.717, 1.165) is 0 Å². The maximum absolute atomic E-state index is 12.2. The molecule has 0 unspecified atom stereocenters. The second kappa shape index (κ2) is 7.81. The Balaban J connectivity index is 1.69. The molecular formula is C18H15ClN2O4. The summed E-state index contributed by atoms with van der Waals surface area (Å²) in [6.45, 7) is 2.16. The van der Waals surface area contributed by atoms with Crippen molar-refractivity contribution in [2.24, 2.45) is 0 Å². The van der Waals surface area contributed by atoms with Gasteiger partial charge >= 0.3 is 5.97 Å². The summed E-state index contributed by atoms with van der Waals surface area (Å²) in [5, 5.41) is 4.37. The minimum Gasteiger partial charge on any atom is -0.493 e. The predicted octanol–water partition coefficient (Wildman–Crippen LogP) is 4.15.